The summed E-state index contributed by atoms with van der Waals surface area (Å²) in [6, 6.07) is 5.51. The van der Waals surface area contributed by atoms with Gasteiger partial charge < -0.3 is 15.2 Å². The molecule has 0 heterocycles. The van der Waals surface area contributed by atoms with Gasteiger partial charge in [0.05, 0.1) is 27.4 Å². The predicted molar refractivity (Wildman–Crippen MR) is 73.6 cm³/mol. The third-order valence-corrected chi connectivity index (χ3v) is 2.33. The second kappa shape index (κ2) is 9.43. The zero-order valence-corrected chi connectivity index (χ0v) is 11.8. The van der Waals surface area contributed by atoms with Gasteiger partial charge in [0.25, 0.3) is 5.91 Å². The number of amides is 1. The summed E-state index contributed by atoms with van der Waals surface area (Å²) in [5, 5.41) is 0. The molecule has 7 heteroatoms. The lowest BCUT2D eigenvalue weighted by molar-refractivity contribution is -0.131. The van der Waals surface area contributed by atoms with Crippen LogP contribution in [0.3, 0.4) is 0 Å². The van der Waals surface area contributed by atoms with Gasteiger partial charge in [-0.25, -0.2) is 5.48 Å². The monoisotopic (exact) mass is 290 g/mol. The molecule has 1 rings (SSSR count). The van der Waals surface area contributed by atoms with Crippen molar-refractivity contribution in [1.82, 2.24) is 5.48 Å². The Morgan fingerprint density at radius 1 is 1.32 bits per heavy atom. The van der Waals surface area contributed by atoms with E-state index < -0.39 is 0 Å². The first-order chi connectivity index (χ1) is 8.71. The van der Waals surface area contributed by atoms with E-state index in [0.717, 1.165) is 17.1 Å². The molecule has 1 aromatic rings. The lowest BCUT2D eigenvalue weighted by atomic mass is 10.1. The molecule has 0 aromatic heterocycles. The lowest BCUT2D eigenvalue weighted by Gasteiger charge is -2.10. The Hall–Kier alpha value is -1.50. The van der Waals surface area contributed by atoms with Gasteiger partial charge in [-0.3, -0.25) is 9.63 Å². The molecule has 0 radical (unpaired) electrons. The number of halogens is 1. The summed E-state index contributed by atoms with van der Waals surface area (Å²) >= 11 is 0. The van der Waals surface area contributed by atoms with Crippen molar-refractivity contribution in [2.75, 3.05) is 27.4 Å². The van der Waals surface area contributed by atoms with E-state index in [1.165, 1.54) is 0 Å². The second-order valence-corrected chi connectivity index (χ2v) is 3.51. The molecule has 0 spiro atoms. The van der Waals surface area contributed by atoms with Gasteiger partial charge in [0, 0.05) is 12.0 Å². The van der Waals surface area contributed by atoms with Crippen molar-refractivity contribution < 1.29 is 19.1 Å². The first kappa shape index (κ1) is 17.5. The number of ether oxygens (including phenoxy) is 2. The molecule has 0 aliphatic rings. The molecule has 108 valence electrons. The summed E-state index contributed by atoms with van der Waals surface area (Å²) in [6.45, 7) is 0.234. The number of hydroxylamine groups is 1. The quantitative estimate of drug-likeness (QED) is 0.570. The van der Waals surface area contributed by atoms with Gasteiger partial charge in [-0.15, -0.1) is 12.4 Å². The van der Waals surface area contributed by atoms with Gasteiger partial charge in [0.2, 0.25) is 0 Å². The summed E-state index contributed by atoms with van der Waals surface area (Å²) in [5.41, 5.74) is 8.30. The number of hydrogen-bond donors (Lipinski definition) is 2. The Kier molecular flexibility index (Phi) is 8.69. The Labute approximate surface area is 118 Å². The molecule has 19 heavy (non-hydrogen) atoms. The number of benzene rings is 1. The Morgan fingerprint density at radius 3 is 2.63 bits per heavy atom. The van der Waals surface area contributed by atoms with Crippen LogP contribution in [0.1, 0.15) is 5.56 Å². The minimum Gasteiger partial charge on any atom is -0.497 e. The fourth-order valence-electron chi connectivity index (χ4n) is 1.41. The van der Waals surface area contributed by atoms with E-state index in [9.17, 15) is 4.79 Å². The van der Waals surface area contributed by atoms with Crippen molar-refractivity contribution >= 4 is 18.3 Å². The average Bonchev–Trinajstić information content (AvgIpc) is 2.42. The van der Waals surface area contributed by atoms with E-state index in [-0.39, 0.29) is 24.9 Å². The number of carbonyl (C=O) groups is 1. The first-order valence-electron chi connectivity index (χ1n) is 5.53. The minimum atomic E-state index is -0.354. The molecule has 0 unspecified atom stereocenters. The molecule has 0 saturated heterocycles. The normalized spacial score (nSPS) is 9.42. The Morgan fingerprint density at radius 2 is 2.05 bits per heavy atom. The Balaban J connectivity index is 0.00000324. The van der Waals surface area contributed by atoms with E-state index >= 15 is 0 Å². The third kappa shape index (κ3) is 5.78. The molecule has 1 aromatic carbocycles. The fraction of sp³-hybridized carbons (Fsp3) is 0.417. The Bertz CT molecular complexity index is 401. The topological polar surface area (TPSA) is 82.8 Å². The maximum absolute atomic E-state index is 10.8. The van der Waals surface area contributed by atoms with Crippen LogP contribution < -0.4 is 20.7 Å². The van der Waals surface area contributed by atoms with Crippen LogP contribution in [-0.2, 0) is 16.1 Å². The van der Waals surface area contributed by atoms with Crippen LogP contribution in [0, 0.1) is 0 Å². The van der Waals surface area contributed by atoms with Crippen LogP contribution in [0.25, 0.3) is 0 Å². The number of methoxy groups -OCH3 is 2. The fourth-order valence-corrected chi connectivity index (χ4v) is 1.41. The maximum Gasteiger partial charge on any atom is 0.257 e. The molecule has 0 aliphatic carbocycles. The highest BCUT2D eigenvalue weighted by Crippen LogP contribution is 2.24. The maximum atomic E-state index is 10.8. The van der Waals surface area contributed by atoms with Crippen molar-refractivity contribution in [2.24, 2.45) is 5.73 Å². The highest BCUT2D eigenvalue weighted by molar-refractivity contribution is 5.85. The molecule has 0 saturated carbocycles. The van der Waals surface area contributed by atoms with Crippen molar-refractivity contribution in [2.45, 2.75) is 6.42 Å². The predicted octanol–water partition coefficient (Wildman–Crippen LogP) is 0.675. The van der Waals surface area contributed by atoms with Crippen LogP contribution >= 0.6 is 12.4 Å². The largest absolute Gasteiger partial charge is 0.497 e. The number of nitrogens with two attached hydrogens (primary N) is 1. The molecular formula is C12H19ClN2O4. The third-order valence-electron chi connectivity index (χ3n) is 2.33. The molecule has 3 N–H and O–H groups in total. The molecule has 0 bridgehead atoms. The van der Waals surface area contributed by atoms with Crippen LogP contribution in [0.5, 0.6) is 11.5 Å². The average molecular weight is 291 g/mol. The summed E-state index contributed by atoms with van der Waals surface area (Å²) in [5.74, 6) is 1.15. The SMILES string of the molecule is COc1ccc(OC)c(CCONC(=O)CN)c1.Cl. The van der Waals surface area contributed by atoms with E-state index in [1.54, 1.807) is 14.2 Å². The zero-order chi connectivity index (χ0) is 13.4. The number of hydrogen-bond acceptors (Lipinski definition) is 5. The number of rotatable bonds is 7. The highest BCUT2D eigenvalue weighted by Gasteiger charge is 2.05. The van der Waals surface area contributed by atoms with Crippen LogP contribution in [0.4, 0.5) is 0 Å². The molecule has 6 nitrogen and oxygen atoms in total. The van der Waals surface area contributed by atoms with E-state index in [4.69, 9.17) is 20.0 Å². The molecular weight excluding hydrogens is 272 g/mol. The van der Waals surface area contributed by atoms with E-state index in [1.807, 2.05) is 18.2 Å². The van der Waals surface area contributed by atoms with Crippen molar-refractivity contribution in [3.63, 3.8) is 0 Å². The van der Waals surface area contributed by atoms with E-state index in [2.05, 4.69) is 5.48 Å². The van der Waals surface area contributed by atoms with Crippen LogP contribution in [0.15, 0.2) is 18.2 Å². The lowest BCUT2D eigenvalue weighted by Crippen LogP contribution is -2.30. The minimum absolute atomic E-state index is 0. The summed E-state index contributed by atoms with van der Waals surface area (Å²) in [4.78, 5) is 15.8. The molecule has 0 aliphatic heterocycles. The van der Waals surface area contributed by atoms with Crippen LogP contribution in [-0.4, -0.2) is 33.3 Å². The van der Waals surface area contributed by atoms with Gasteiger partial charge >= 0.3 is 0 Å². The highest BCUT2D eigenvalue weighted by atomic mass is 35.5. The number of carbonyl (C=O) groups excluding carboxylic acids is 1. The van der Waals surface area contributed by atoms with E-state index in [0.29, 0.717) is 13.0 Å². The van der Waals surface area contributed by atoms with Crippen molar-refractivity contribution in [3.8, 4) is 11.5 Å². The van der Waals surface area contributed by atoms with Crippen LogP contribution in [0.2, 0.25) is 0 Å². The van der Waals surface area contributed by atoms with Gasteiger partial charge in [-0.05, 0) is 18.2 Å². The number of nitrogens with one attached hydrogen (secondary N) is 1. The van der Waals surface area contributed by atoms with Crippen molar-refractivity contribution in [3.05, 3.63) is 23.8 Å². The second-order valence-electron chi connectivity index (χ2n) is 3.51. The standard InChI is InChI=1S/C12H18N2O4.ClH/c1-16-10-3-4-11(17-2)9(7-10)5-6-18-14-12(15)8-13;/h3-4,7H,5-6,8,13H2,1-2H3,(H,14,15);1H. The van der Waals surface area contributed by atoms with Gasteiger partial charge in [0.15, 0.2) is 0 Å². The van der Waals surface area contributed by atoms with Gasteiger partial charge in [0.1, 0.15) is 11.5 Å². The summed E-state index contributed by atoms with van der Waals surface area (Å²) in [6.07, 6.45) is 0.589. The molecule has 0 fully saturated rings. The first-order valence-corrected chi connectivity index (χ1v) is 5.53. The zero-order valence-electron chi connectivity index (χ0n) is 11.0. The molecule has 1 amide bonds. The summed E-state index contributed by atoms with van der Waals surface area (Å²) < 4.78 is 10.4. The van der Waals surface area contributed by atoms with Gasteiger partial charge in [-0.1, -0.05) is 0 Å². The van der Waals surface area contributed by atoms with Gasteiger partial charge in [-0.2, -0.15) is 0 Å². The van der Waals surface area contributed by atoms with Crippen molar-refractivity contribution in [1.29, 1.82) is 0 Å². The summed E-state index contributed by atoms with van der Waals surface area (Å²) in [7, 11) is 3.20. The molecule has 0 atom stereocenters. The smallest absolute Gasteiger partial charge is 0.257 e.